The summed E-state index contributed by atoms with van der Waals surface area (Å²) >= 11 is 0. The smallest absolute Gasteiger partial charge is 0.319 e. The van der Waals surface area contributed by atoms with E-state index < -0.39 is 8.25 Å². The highest BCUT2D eigenvalue weighted by molar-refractivity contribution is 7.33. The van der Waals surface area contributed by atoms with Gasteiger partial charge in [-0.15, -0.1) is 0 Å². The average molecular weight is 170 g/mol. The standard InChI is InChI=1S/C4H11O3P.CH4O/c1-3-6-8(5)7-4-2;1-2/h8H,3-4H2,1-2H3;2H,1H3. The molecule has 0 bridgehead atoms. The Bertz CT molecular complexity index is 68.0. The summed E-state index contributed by atoms with van der Waals surface area (Å²) in [6.07, 6.45) is 0. The van der Waals surface area contributed by atoms with Crippen molar-refractivity contribution in [2.45, 2.75) is 13.8 Å². The summed E-state index contributed by atoms with van der Waals surface area (Å²) < 4.78 is 19.6. The fourth-order valence-electron chi connectivity index (χ4n) is 0.277. The SMILES string of the molecule is CCO[PH](=O)OCC.CO. The molecule has 0 aromatic heterocycles. The summed E-state index contributed by atoms with van der Waals surface area (Å²) in [6, 6.07) is 0. The van der Waals surface area contributed by atoms with Crippen molar-refractivity contribution >= 4 is 8.25 Å². The van der Waals surface area contributed by atoms with Crippen molar-refractivity contribution in [1.29, 1.82) is 0 Å². The largest absolute Gasteiger partial charge is 0.400 e. The summed E-state index contributed by atoms with van der Waals surface area (Å²) in [7, 11) is -1.14. The lowest BCUT2D eigenvalue weighted by atomic mass is 10.9. The second-order valence-corrected chi connectivity index (χ2v) is 2.19. The molecular weight excluding hydrogens is 155 g/mol. The molecule has 0 amide bonds. The van der Waals surface area contributed by atoms with Gasteiger partial charge in [0.15, 0.2) is 0 Å². The van der Waals surface area contributed by atoms with Crippen LogP contribution in [0, 0.1) is 0 Å². The van der Waals surface area contributed by atoms with Crippen LogP contribution in [0.4, 0.5) is 0 Å². The molecule has 0 saturated carbocycles. The Morgan fingerprint density at radius 1 is 1.20 bits per heavy atom. The minimum Gasteiger partial charge on any atom is -0.400 e. The van der Waals surface area contributed by atoms with E-state index in [0.29, 0.717) is 13.2 Å². The Hall–Kier alpha value is 0.110. The molecule has 0 unspecified atom stereocenters. The molecule has 0 spiro atoms. The van der Waals surface area contributed by atoms with Crippen molar-refractivity contribution in [1.82, 2.24) is 0 Å². The molecular formula is C5H15O4P. The van der Waals surface area contributed by atoms with E-state index in [-0.39, 0.29) is 0 Å². The number of aliphatic hydroxyl groups excluding tert-OH is 1. The van der Waals surface area contributed by atoms with Crippen molar-refractivity contribution in [3.05, 3.63) is 0 Å². The molecule has 0 aliphatic rings. The van der Waals surface area contributed by atoms with Crippen LogP contribution in [-0.4, -0.2) is 25.4 Å². The van der Waals surface area contributed by atoms with Gasteiger partial charge in [-0.2, -0.15) is 0 Å². The van der Waals surface area contributed by atoms with Crippen LogP contribution in [-0.2, 0) is 13.6 Å². The Morgan fingerprint density at radius 2 is 1.50 bits per heavy atom. The van der Waals surface area contributed by atoms with Crippen molar-refractivity contribution < 1.29 is 18.7 Å². The monoisotopic (exact) mass is 170 g/mol. The van der Waals surface area contributed by atoms with Gasteiger partial charge in [-0.05, 0) is 13.8 Å². The number of aliphatic hydroxyl groups is 1. The van der Waals surface area contributed by atoms with Crippen molar-refractivity contribution in [2.75, 3.05) is 20.3 Å². The highest BCUT2D eigenvalue weighted by atomic mass is 31.1. The highest BCUT2D eigenvalue weighted by Crippen LogP contribution is 2.21. The average Bonchev–Trinajstić information content (AvgIpc) is 1.93. The third-order valence-corrected chi connectivity index (χ3v) is 1.57. The first-order valence-electron chi connectivity index (χ1n) is 3.05. The van der Waals surface area contributed by atoms with Gasteiger partial charge in [-0.25, -0.2) is 0 Å². The molecule has 64 valence electrons. The van der Waals surface area contributed by atoms with Crippen LogP contribution in [0.3, 0.4) is 0 Å². The molecule has 0 heterocycles. The molecule has 4 nitrogen and oxygen atoms in total. The van der Waals surface area contributed by atoms with Crippen LogP contribution in [0.15, 0.2) is 0 Å². The van der Waals surface area contributed by atoms with Gasteiger partial charge >= 0.3 is 8.25 Å². The summed E-state index contributed by atoms with van der Waals surface area (Å²) in [6.45, 7) is 4.47. The number of rotatable bonds is 4. The Balaban J connectivity index is 0. The minimum absolute atomic E-state index is 0.456. The zero-order chi connectivity index (χ0) is 8.41. The lowest BCUT2D eigenvalue weighted by Crippen LogP contribution is -1.81. The van der Waals surface area contributed by atoms with Crippen molar-refractivity contribution in [2.24, 2.45) is 0 Å². The van der Waals surface area contributed by atoms with Gasteiger partial charge in [0, 0.05) is 7.11 Å². The van der Waals surface area contributed by atoms with Gasteiger partial charge in [0.25, 0.3) is 0 Å². The maximum Gasteiger partial charge on any atom is 0.319 e. The van der Waals surface area contributed by atoms with E-state index in [0.717, 1.165) is 7.11 Å². The van der Waals surface area contributed by atoms with E-state index in [1.807, 2.05) is 0 Å². The summed E-state index contributed by atoms with van der Waals surface area (Å²) in [4.78, 5) is 0. The highest BCUT2D eigenvalue weighted by Gasteiger charge is 1.91. The van der Waals surface area contributed by atoms with Gasteiger partial charge in [0.1, 0.15) is 0 Å². The molecule has 5 heteroatoms. The molecule has 0 aromatic carbocycles. The second-order valence-electron chi connectivity index (χ2n) is 1.12. The number of hydrogen-bond donors (Lipinski definition) is 1. The maximum atomic E-state index is 10.4. The van der Waals surface area contributed by atoms with E-state index in [2.05, 4.69) is 9.05 Å². The Labute approximate surface area is 62.1 Å². The van der Waals surface area contributed by atoms with E-state index in [1.165, 1.54) is 0 Å². The van der Waals surface area contributed by atoms with Crippen LogP contribution >= 0.6 is 8.25 Å². The lowest BCUT2D eigenvalue weighted by molar-refractivity contribution is 0.243. The van der Waals surface area contributed by atoms with Crippen LogP contribution in [0.25, 0.3) is 0 Å². The van der Waals surface area contributed by atoms with Crippen molar-refractivity contribution in [3.8, 4) is 0 Å². The van der Waals surface area contributed by atoms with Gasteiger partial charge in [0.2, 0.25) is 0 Å². The first kappa shape index (κ1) is 12.8. The van der Waals surface area contributed by atoms with Crippen LogP contribution in [0.2, 0.25) is 0 Å². The molecule has 10 heavy (non-hydrogen) atoms. The van der Waals surface area contributed by atoms with Gasteiger partial charge < -0.3 is 14.2 Å². The molecule has 0 saturated heterocycles. The van der Waals surface area contributed by atoms with Gasteiger partial charge in [-0.3, -0.25) is 4.57 Å². The van der Waals surface area contributed by atoms with Gasteiger partial charge in [0.05, 0.1) is 13.2 Å². The van der Waals surface area contributed by atoms with Crippen LogP contribution in [0.1, 0.15) is 13.8 Å². The molecule has 0 aliphatic carbocycles. The lowest BCUT2D eigenvalue weighted by Gasteiger charge is -1.97. The summed E-state index contributed by atoms with van der Waals surface area (Å²) in [5.41, 5.74) is 0. The molecule has 0 rings (SSSR count). The number of hydrogen-bond acceptors (Lipinski definition) is 4. The summed E-state index contributed by atoms with van der Waals surface area (Å²) in [5.74, 6) is 0. The third-order valence-electron chi connectivity index (χ3n) is 0.524. The van der Waals surface area contributed by atoms with E-state index in [4.69, 9.17) is 5.11 Å². The zero-order valence-electron chi connectivity index (χ0n) is 6.59. The topological polar surface area (TPSA) is 55.8 Å². The Morgan fingerprint density at radius 3 is 1.70 bits per heavy atom. The molecule has 0 radical (unpaired) electrons. The quantitative estimate of drug-likeness (QED) is 0.641. The van der Waals surface area contributed by atoms with E-state index >= 15 is 0 Å². The van der Waals surface area contributed by atoms with Crippen molar-refractivity contribution in [3.63, 3.8) is 0 Å². The summed E-state index contributed by atoms with van der Waals surface area (Å²) in [5, 5.41) is 7.00. The molecule has 1 N–H and O–H groups in total. The van der Waals surface area contributed by atoms with Crippen LogP contribution < -0.4 is 0 Å². The predicted octanol–water partition coefficient (Wildman–Crippen LogP) is 1.06. The minimum atomic E-state index is -2.14. The van der Waals surface area contributed by atoms with E-state index in [9.17, 15) is 4.57 Å². The third kappa shape index (κ3) is 11.0. The first-order valence-corrected chi connectivity index (χ1v) is 4.28. The molecule has 0 aromatic rings. The molecule has 0 fully saturated rings. The second kappa shape index (κ2) is 11.9. The normalized spacial score (nSPS) is 8.90. The fourth-order valence-corrected chi connectivity index (χ4v) is 0.832. The molecule has 0 atom stereocenters. The zero-order valence-corrected chi connectivity index (χ0v) is 7.59. The van der Waals surface area contributed by atoms with E-state index in [1.54, 1.807) is 13.8 Å². The predicted molar refractivity (Wildman–Crippen MR) is 40.4 cm³/mol. The maximum absolute atomic E-state index is 10.4. The fraction of sp³-hybridized carbons (Fsp3) is 1.00. The Kier molecular flexibility index (Phi) is 15.1. The molecule has 0 aliphatic heterocycles. The van der Waals surface area contributed by atoms with Gasteiger partial charge in [-0.1, -0.05) is 0 Å². The van der Waals surface area contributed by atoms with Crippen LogP contribution in [0.5, 0.6) is 0 Å². The first-order chi connectivity index (χ1) is 4.81.